The van der Waals surface area contributed by atoms with Crippen molar-refractivity contribution in [3.05, 3.63) is 119 Å². The molecule has 1 N–H and O–H groups in total. The summed E-state index contributed by atoms with van der Waals surface area (Å²) in [7, 11) is 0. The van der Waals surface area contributed by atoms with Crippen molar-refractivity contribution in [1.82, 2.24) is 0 Å². The van der Waals surface area contributed by atoms with E-state index in [1.165, 1.54) is 0 Å². The number of ketones is 2. The van der Waals surface area contributed by atoms with Crippen molar-refractivity contribution in [1.29, 1.82) is 0 Å². The second-order valence-electron chi connectivity index (χ2n) is 8.70. The van der Waals surface area contributed by atoms with E-state index in [9.17, 15) is 19.5 Å². The van der Waals surface area contributed by atoms with E-state index in [2.05, 4.69) is 0 Å². The first-order valence-corrected chi connectivity index (χ1v) is 12.0. The Labute approximate surface area is 213 Å². The van der Waals surface area contributed by atoms with E-state index in [1.54, 1.807) is 60.7 Å². The molecule has 0 amide bonds. The first-order valence-electron chi connectivity index (χ1n) is 12.0. The minimum absolute atomic E-state index is 0.179. The third kappa shape index (κ3) is 4.74. The average Bonchev–Trinajstić information content (AvgIpc) is 3.25. The Balaban J connectivity index is 1.56. The van der Waals surface area contributed by atoms with Gasteiger partial charge < -0.3 is 14.6 Å². The van der Waals surface area contributed by atoms with Crippen LogP contribution in [0, 0.1) is 0 Å². The number of Topliss-reactive ketones (excluding diaryl/α,β-unsaturated/α-hetero) is 2. The van der Waals surface area contributed by atoms with E-state index in [0.29, 0.717) is 34.6 Å². The molecule has 0 radical (unpaired) electrons. The monoisotopic (exact) mass is 492 g/mol. The lowest BCUT2D eigenvalue weighted by molar-refractivity contribution is -0.134. The van der Waals surface area contributed by atoms with Gasteiger partial charge in [-0.1, -0.05) is 66.7 Å². The summed E-state index contributed by atoms with van der Waals surface area (Å²) < 4.78 is 11.0. The number of carbonyl (C=O) groups excluding carboxylic acids is 3. The predicted octanol–water partition coefficient (Wildman–Crippen LogP) is 5.80. The number of hydrogen-bond donors (Lipinski definition) is 1. The number of carbonyl (C=O) groups is 3. The van der Waals surface area contributed by atoms with Crippen LogP contribution in [0.1, 0.15) is 40.1 Å². The molecular formula is C31H24O6. The second kappa shape index (κ2) is 10.1. The second-order valence-corrected chi connectivity index (χ2v) is 8.70. The Hall–Kier alpha value is -4.71. The van der Waals surface area contributed by atoms with E-state index >= 15 is 0 Å². The van der Waals surface area contributed by atoms with E-state index in [-0.39, 0.29) is 12.0 Å². The molecule has 1 heterocycles. The topological polar surface area (TPSA) is 89.9 Å². The maximum Gasteiger partial charge on any atom is 0.339 e. The van der Waals surface area contributed by atoms with Crippen LogP contribution < -0.4 is 4.74 Å². The number of fused-ring (bicyclic) bond motifs is 2. The average molecular weight is 493 g/mol. The van der Waals surface area contributed by atoms with Crippen molar-refractivity contribution in [3.8, 4) is 5.75 Å². The number of ether oxygens (including phenoxy) is 2. The molecule has 0 aromatic heterocycles. The molecule has 1 aliphatic rings. The summed E-state index contributed by atoms with van der Waals surface area (Å²) in [4.78, 5) is 39.4. The number of esters is 1. The van der Waals surface area contributed by atoms with Crippen LogP contribution in [0.25, 0.3) is 16.5 Å². The molecule has 37 heavy (non-hydrogen) atoms. The predicted molar refractivity (Wildman–Crippen MR) is 139 cm³/mol. The van der Waals surface area contributed by atoms with Gasteiger partial charge in [0.2, 0.25) is 11.6 Å². The summed E-state index contributed by atoms with van der Waals surface area (Å²) in [5.41, 5.74) is 1.43. The highest BCUT2D eigenvalue weighted by Gasteiger charge is 2.40. The largest absolute Gasteiger partial charge is 0.507 e. The molecule has 0 unspecified atom stereocenters. The van der Waals surface area contributed by atoms with Crippen LogP contribution in [0.3, 0.4) is 0 Å². The summed E-state index contributed by atoms with van der Waals surface area (Å²) in [6, 6.07) is 26.4. The maximum atomic E-state index is 13.6. The minimum atomic E-state index is -1.20. The number of rotatable bonds is 8. The van der Waals surface area contributed by atoms with Gasteiger partial charge in [-0.25, -0.2) is 4.79 Å². The van der Waals surface area contributed by atoms with E-state index in [0.717, 1.165) is 10.8 Å². The molecule has 1 aliphatic heterocycles. The highest BCUT2D eigenvalue weighted by molar-refractivity contribution is 6.45. The van der Waals surface area contributed by atoms with Gasteiger partial charge in [0, 0.05) is 17.5 Å². The Morgan fingerprint density at radius 3 is 2.35 bits per heavy atom. The van der Waals surface area contributed by atoms with Gasteiger partial charge in [-0.3, -0.25) is 9.59 Å². The van der Waals surface area contributed by atoms with Crippen LogP contribution in [0.5, 0.6) is 5.75 Å². The van der Waals surface area contributed by atoms with Crippen LogP contribution in [-0.2, 0) is 20.7 Å². The number of hydrogen-bond acceptors (Lipinski definition) is 6. The van der Waals surface area contributed by atoms with Gasteiger partial charge >= 0.3 is 5.97 Å². The fourth-order valence-corrected chi connectivity index (χ4v) is 4.49. The zero-order valence-electron chi connectivity index (χ0n) is 20.1. The van der Waals surface area contributed by atoms with Gasteiger partial charge in [0.25, 0.3) is 0 Å². The van der Waals surface area contributed by atoms with Crippen LogP contribution in [0.15, 0.2) is 96.6 Å². The molecule has 0 bridgehead atoms. The highest BCUT2D eigenvalue weighted by Crippen LogP contribution is 2.39. The first kappa shape index (κ1) is 24.0. The third-order valence-corrected chi connectivity index (χ3v) is 6.33. The molecule has 6 heteroatoms. The molecule has 4 aromatic rings. The Morgan fingerprint density at radius 1 is 0.892 bits per heavy atom. The summed E-state index contributed by atoms with van der Waals surface area (Å²) in [5, 5.41) is 13.2. The van der Waals surface area contributed by atoms with Crippen molar-refractivity contribution in [2.24, 2.45) is 0 Å². The quantitative estimate of drug-likeness (QED) is 0.145. The fraction of sp³-hybridized carbons (Fsp3) is 0.129. The van der Waals surface area contributed by atoms with Crippen LogP contribution in [0.4, 0.5) is 0 Å². The molecule has 6 nitrogen and oxygen atoms in total. The Morgan fingerprint density at radius 2 is 1.59 bits per heavy atom. The van der Waals surface area contributed by atoms with Crippen molar-refractivity contribution < 1.29 is 29.0 Å². The summed E-state index contributed by atoms with van der Waals surface area (Å²) in [6.07, 6.45) is -1.38. The lowest BCUT2D eigenvalue weighted by Crippen LogP contribution is -2.24. The minimum Gasteiger partial charge on any atom is -0.507 e. The molecule has 4 aromatic carbocycles. The smallest absolute Gasteiger partial charge is 0.339 e. The third-order valence-electron chi connectivity index (χ3n) is 6.33. The van der Waals surface area contributed by atoms with E-state index < -0.39 is 29.4 Å². The van der Waals surface area contributed by atoms with Crippen LogP contribution in [0.2, 0.25) is 0 Å². The van der Waals surface area contributed by atoms with Gasteiger partial charge in [0.05, 0.1) is 17.7 Å². The molecule has 1 atom stereocenters. The fourth-order valence-electron chi connectivity index (χ4n) is 4.49. The highest BCUT2D eigenvalue weighted by atomic mass is 16.5. The molecular weight excluding hydrogens is 468 g/mol. The summed E-state index contributed by atoms with van der Waals surface area (Å²) in [5.74, 6) is -1.99. The number of aliphatic hydroxyl groups is 1. The molecule has 184 valence electrons. The van der Waals surface area contributed by atoms with Crippen molar-refractivity contribution in [3.63, 3.8) is 0 Å². The standard InChI is InChI=1S/C31H24O6/c1-2-36-23-15-11-19(12-16-23)17-26(32)29(34)27(30-24-9-5-6-10-25(24)31(35)37-30)28(33)22-14-13-20-7-3-4-8-21(20)18-22/h3-16,18,30,33H,2,17H2,1H3/t30-/m0/s1. The molecule has 0 saturated heterocycles. The molecule has 0 spiro atoms. The first-order chi connectivity index (χ1) is 18.0. The Bertz CT molecular complexity index is 1550. The number of benzene rings is 4. The molecule has 0 aliphatic carbocycles. The van der Waals surface area contributed by atoms with E-state index in [4.69, 9.17) is 9.47 Å². The lowest BCUT2D eigenvalue weighted by atomic mass is 9.90. The zero-order chi connectivity index (χ0) is 25.9. The van der Waals surface area contributed by atoms with Gasteiger partial charge in [0.1, 0.15) is 11.5 Å². The lowest BCUT2D eigenvalue weighted by Gasteiger charge is -2.17. The SMILES string of the molecule is CCOc1ccc(CC(=O)C(=O)C(=C(O)c2ccc3ccccc3c2)[C@H]2OC(=O)c3ccccc32)cc1. The normalized spacial score (nSPS) is 15.1. The number of aliphatic hydroxyl groups excluding tert-OH is 1. The Kier molecular flexibility index (Phi) is 6.56. The van der Waals surface area contributed by atoms with Gasteiger partial charge in [-0.15, -0.1) is 0 Å². The van der Waals surface area contributed by atoms with Crippen molar-refractivity contribution in [2.75, 3.05) is 6.61 Å². The van der Waals surface area contributed by atoms with E-state index in [1.807, 2.05) is 37.3 Å². The molecule has 0 saturated carbocycles. The number of cyclic esters (lactones) is 1. The molecule has 5 rings (SSSR count). The van der Waals surface area contributed by atoms with Crippen LogP contribution in [-0.4, -0.2) is 29.2 Å². The van der Waals surface area contributed by atoms with Crippen LogP contribution >= 0.6 is 0 Å². The van der Waals surface area contributed by atoms with Gasteiger partial charge in [-0.05, 0) is 47.5 Å². The van der Waals surface area contributed by atoms with Crippen molar-refractivity contribution >= 4 is 34.1 Å². The van der Waals surface area contributed by atoms with Gasteiger partial charge in [-0.2, -0.15) is 0 Å². The summed E-state index contributed by atoms with van der Waals surface area (Å²) >= 11 is 0. The summed E-state index contributed by atoms with van der Waals surface area (Å²) in [6.45, 7) is 2.39. The maximum absolute atomic E-state index is 13.6. The molecule has 0 fully saturated rings. The zero-order valence-corrected chi connectivity index (χ0v) is 20.1. The van der Waals surface area contributed by atoms with Crippen molar-refractivity contribution in [2.45, 2.75) is 19.4 Å². The van der Waals surface area contributed by atoms with Gasteiger partial charge in [0.15, 0.2) is 6.10 Å².